The number of hydrogen-bond donors (Lipinski definition) is 1. The van der Waals surface area contributed by atoms with E-state index in [1.165, 1.54) is 23.3 Å². The van der Waals surface area contributed by atoms with Gasteiger partial charge >= 0.3 is 0 Å². The molecule has 0 saturated heterocycles. The van der Waals surface area contributed by atoms with E-state index in [4.69, 9.17) is 16.3 Å². The average molecular weight is 422 g/mol. The number of ether oxygens (including phenoxy) is 1. The third kappa shape index (κ3) is 4.65. The van der Waals surface area contributed by atoms with Gasteiger partial charge in [-0.3, -0.25) is 9.59 Å². The number of carbonyl (C=O) groups is 2. The number of nitrogens with zero attached hydrogens (tertiary/aromatic N) is 2. The molecule has 0 aliphatic rings. The Morgan fingerprint density at radius 2 is 2.11 bits per heavy atom. The van der Waals surface area contributed by atoms with Crippen molar-refractivity contribution < 1.29 is 14.3 Å². The van der Waals surface area contributed by atoms with Gasteiger partial charge in [0.2, 0.25) is 5.91 Å². The minimum atomic E-state index is -0.361. The molecule has 140 valence electrons. The van der Waals surface area contributed by atoms with E-state index in [0.717, 1.165) is 10.6 Å². The summed E-state index contributed by atoms with van der Waals surface area (Å²) in [6.07, 6.45) is 0. The van der Waals surface area contributed by atoms with Crippen molar-refractivity contribution in [1.82, 2.24) is 9.88 Å². The van der Waals surface area contributed by atoms with Crippen LogP contribution >= 0.6 is 34.3 Å². The SMILES string of the molecule is COc1ccc(Cl)cc1NC(=O)CN(C)C(=O)c1csc(-c2ccsc2)n1. The molecule has 1 N–H and O–H groups in total. The van der Waals surface area contributed by atoms with Crippen LogP contribution in [0.3, 0.4) is 0 Å². The molecule has 27 heavy (non-hydrogen) atoms. The molecule has 3 aromatic rings. The number of aromatic nitrogens is 1. The van der Waals surface area contributed by atoms with Crippen molar-refractivity contribution in [3.05, 3.63) is 51.1 Å². The van der Waals surface area contributed by atoms with E-state index in [-0.39, 0.29) is 18.4 Å². The Morgan fingerprint density at radius 1 is 1.30 bits per heavy atom. The number of rotatable bonds is 6. The molecule has 1 aromatic carbocycles. The molecule has 0 unspecified atom stereocenters. The lowest BCUT2D eigenvalue weighted by molar-refractivity contribution is -0.116. The van der Waals surface area contributed by atoms with Gasteiger partial charge in [0, 0.05) is 28.4 Å². The molecule has 0 fully saturated rings. The van der Waals surface area contributed by atoms with E-state index in [1.807, 2.05) is 16.8 Å². The summed E-state index contributed by atoms with van der Waals surface area (Å²) in [6, 6.07) is 6.87. The van der Waals surface area contributed by atoms with E-state index >= 15 is 0 Å². The molecular formula is C18H16ClN3O3S2. The number of thiazole rings is 1. The molecule has 3 rings (SSSR count). The van der Waals surface area contributed by atoms with E-state index in [2.05, 4.69) is 10.3 Å². The Kier molecular flexibility index (Phi) is 6.10. The smallest absolute Gasteiger partial charge is 0.273 e. The molecule has 2 heterocycles. The fraction of sp³-hybridized carbons (Fsp3) is 0.167. The Bertz CT molecular complexity index is 957. The first-order valence-corrected chi connectivity index (χ1v) is 10.0. The molecule has 0 aliphatic heterocycles. The Hall–Kier alpha value is -2.42. The number of thiophene rings is 1. The fourth-order valence-electron chi connectivity index (χ4n) is 2.34. The van der Waals surface area contributed by atoms with E-state index < -0.39 is 0 Å². The Balaban J connectivity index is 1.64. The number of likely N-dealkylation sites (N-methyl/N-ethyl adjacent to an activating group) is 1. The molecule has 0 aliphatic carbocycles. The summed E-state index contributed by atoms with van der Waals surface area (Å²) >= 11 is 8.93. The van der Waals surface area contributed by atoms with Crippen LogP contribution < -0.4 is 10.1 Å². The number of hydrogen-bond acceptors (Lipinski definition) is 6. The molecule has 0 radical (unpaired) electrons. The van der Waals surface area contributed by atoms with Crippen molar-refractivity contribution in [2.24, 2.45) is 0 Å². The van der Waals surface area contributed by atoms with Gasteiger partial charge in [-0.2, -0.15) is 11.3 Å². The summed E-state index contributed by atoms with van der Waals surface area (Å²) in [5.74, 6) is -0.192. The number of halogens is 1. The topological polar surface area (TPSA) is 71.5 Å². The van der Waals surface area contributed by atoms with Gasteiger partial charge in [-0.15, -0.1) is 11.3 Å². The number of methoxy groups -OCH3 is 1. The van der Waals surface area contributed by atoms with Crippen LogP contribution in [-0.2, 0) is 4.79 Å². The van der Waals surface area contributed by atoms with Crippen molar-refractivity contribution in [2.75, 3.05) is 26.0 Å². The van der Waals surface area contributed by atoms with Gasteiger partial charge in [-0.25, -0.2) is 4.98 Å². The Morgan fingerprint density at radius 3 is 2.81 bits per heavy atom. The van der Waals surface area contributed by atoms with Crippen molar-refractivity contribution in [3.8, 4) is 16.3 Å². The first-order chi connectivity index (χ1) is 13.0. The third-order valence-corrected chi connectivity index (χ3v) is 5.46. The predicted molar refractivity (Wildman–Crippen MR) is 109 cm³/mol. The lowest BCUT2D eigenvalue weighted by Gasteiger charge is -2.16. The predicted octanol–water partition coefficient (Wildman–Crippen LogP) is 4.24. The zero-order valence-corrected chi connectivity index (χ0v) is 17.0. The quantitative estimate of drug-likeness (QED) is 0.646. The van der Waals surface area contributed by atoms with Crippen LogP contribution in [0.25, 0.3) is 10.6 Å². The van der Waals surface area contributed by atoms with Crippen LogP contribution in [0, 0.1) is 0 Å². The maximum absolute atomic E-state index is 12.5. The minimum absolute atomic E-state index is 0.125. The average Bonchev–Trinajstić information content (AvgIpc) is 3.32. The second kappa shape index (κ2) is 8.51. The Labute approximate surface area is 169 Å². The van der Waals surface area contributed by atoms with Crippen molar-refractivity contribution in [2.45, 2.75) is 0 Å². The number of anilines is 1. The zero-order chi connectivity index (χ0) is 19.4. The van der Waals surface area contributed by atoms with Gasteiger partial charge in [-0.1, -0.05) is 11.6 Å². The first kappa shape index (κ1) is 19.3. The minimum Gasteiger partial charge on any atom is -0.495 e. The van der Waals surface area contributed by atoms with Crippen molar-refractivity contribution >= 4 is 51.8 Å². The summed E-state index contributed by atoms with van der Waals surface area (Å²) in [6.45, 7) is -0.125. The lowest BCUT2D eigenvalue weighted by Crippen LogP contribution is -2.35. The number of carbonyl (C=O) groups excluding carboxylic acids is 2. The maximum atomic E-state index is 12.5. The molecule has 0 spiro atoms. The third-order valence-electron chi connectivity index (χ3n) is 3.65. The summed E-state index contributed by atoms with van der Waals surface area (Å²) in [5, 5.41) is 9.59. The largest absolute Gasteiger partial charge is 0.495 e. The molecule has 2 aromatic heterocycles. The second-order valence-electron chi connectivity index (χ2n) is 5.60. The maximum Gasteiger partial charge on any atom is 0.273 e. The molecule has 9 heteroatoms. The summed E-state index contributed by atoms with van der Waals surface area (Å²) in [7, 11) is 3.06. The van der Waals surface area contributed by atoms with Crippen LogP contribution in [0.15, 0.2) is 40.4 Å². The van der Waals surface area contributed by atoms with E-state index in [0.29, 0.717) is 22.2 Å². The van der Waals surface area contributed by atoms with Gasteiger partial charge in [0.1, 0.15) is 16.5 Å². The highest BCUT2D eigenvalue weighted by molar-refractivity contribution is 7.14. The van der Waals surface area contributed by atoms with Gasteiger partial charge in [-0.05, 0) is 29.6 Å². The van der Waals surface area contributed by atoms with Gasteiger partial charge < -0.3 is 15.0 Å². The van der Waals surface area contributed by atoms with Crippen molar-refractivity contribution in [3.63, 3.8) is 0 Å². The van der Waals surface area contributed by atoms with Crippen LogP contribution in [0.2, 0.25) is 5.02 Å². The number of amides is 2. The summed E-state index contributed by atoms with van der Waals surface area (Å²) in [5.41, 5.74) is 1.75. The second-order valence-corrected chi connectivity index (χ2v) is 7.68. The van der Waals surface area contributed by atoms with Gasteiger partial charge in [0.15, 0.2) is 0 Å². The summed E-state index contributed by atoms with van der Waals surface area (Å²) in [4.78, 5) is 30.5. The number of nitrogens with one attached hydrogen (secondary N) is 1. The fourth-order valence-corrected chi connectivity index (χ4v) is 4.02. The molecule has 0 saturated carbocycles. The lowest BCUT2D eigenvalue weighted by atomic mass is 10.3. The molecule has 2 amide bonds. The highest BCUT2D eigenvalue weighted by Crippen LogP contribution is 2.28. The highest BCUT2D eigenvalue weighted by Gasteiger charge is 2.19. The zero-order valence-electron chi connectivity index (χ0n) is 14.6. The van der Waals surface area contributed by atoms with Crippen LogP contribution in [0.4, 0.5) is 5.69 Å². The van der Waals surface area contributed by atoms with Gasteiger partial charge in [0.25, 0.3) is 5.91 Å². The normalized spacial score (nSPS) is 10.5. The van der Waals surface area contributed by atoms with Crippen molar-refractivity contribution in [1.29, 1.82) is 0 Å². The first-order valence-electron chi connectivity index (χ1n) is 7.85. The highest BCUT2D eigenvalue weighted by atomic mass is 35.5. The molecular weight excluding hydrogens is 406 g/mol. The van der Waals surface area contributed by atoms with E-state index in [9.17, 15) is 9.59 Å². The number of benzene rings is 1. The van der Waals surface area contributed by atoms with Crippen LogP contribution in [0.1, 0.15) is 10.5 Å². The van der Waals surface area contributed by atoms with Crippen LogP contribution in [-0.4, -0.2) is 42.4 Å². The standard InChI is InChI=1S/C18H16ClN3O3S2/c1-22(8-16(23)20-13-7-12(19)3-4-15(13)25-2)18(24)14-10-27-17(21-14)11-5-6-26-9-11/h3-7,9-10H,8H2,1-2H3,(H,20,23). The molecule has 0 atom stereocenters. The van der Waals surface area contributed by atoms with Gasteiger partial charge in [0.05, 0.1) is 19.3 Å². The monoisotopic (exact) mass is 421 g/mol. The van der Waals surface area contributed by atoms with E-state index in [1.54, 1.807) is 42.0 Å². The van der Waals surface area contributed by atoms with Crippen LogP contribution in [0.5, 0.6) is 5.75 Å². The molecule has 0 bridgehead atoms. The summed E-state index contributed by atoms with van der Waals surface area (Å²) < 4.78 is 5.20. The molecule has 6 nitrogen and oxygen atoms in total.